The van der Waals surface area contributed by atoms with Crippen molar-refractivity contribution in [1.29, 1.82) is 0 Å². The summed E-state index contributed by atoms with van der Waals surface area (Å²) in [6.07, 6.45) is 0.118. The van der Waals surface area contributed by atoms with Gasteiger partial charge in [0, 0.05) is 23.4 Å². The maximum Gasteiger partial charge on any atom is 0.339 e. The molecule has 1 atom stereocenters. The minimum atomic E-state index is -1.09. The number of carbonyl (C=O) groups is 2. The van der Waals surface area contributed by atoms with Gasteiger partial charge in [0.05, 0.1) is 0 Å². The number of hydrogen-bond acceptors (Lipinski definition) is 5. The fourth-order valence-corrected chi connectivity index (χ4v) is 2.67. The van der Waals surface area contributed by atoms with Crippen LogP contribution in [0.4, 0.5) is 0 Å². The van der Waals surface area contributed by atoms with Crippen molar-refractivity contribution in [3.63, 3.8) is 0 Å². The highest BCUT2D eigenvalue weighted by Gasteiger charge is 2.23. The highest BCUT2D eigenvalue weighted by Crippen LogP contribution is 2.23. The first kappa shape index (κ1) is 18.5. The van der Waals surface area contributed by atoms with Gasteiger partial charge in [0.2, 0.25) is 5.91 Å². The number of aromatic hydroxyl groups is 1. The zero-order chi connectivity index (χ0) is 18.7. The molecule has 7 nitrogen and oxygen atoms in total. The van der Waals surface area contributed by atoms with E-state index in [2.05, 4.69) is 5.32 Å². The number of carbonyl (C=O) groups excluding carboxylic acids is 1. The number of carboxylic acids is 1. The Balaban J connectivity index is 2.18. The lowest BCUT2D eigenvalue weighted by atomic mass is 10.0. The summed E-state index contributed by atoms with van der Waals surface area (Å²) in [7, 11) is 0. The highest BCUT2D eigenvalue weighted by molar-refractivity contribution is 5.84. The number of aryl methyl sites for hydroxylation is 1. The smallest absolute Gasteiger partial charge is 0.339 e. The highest BCUT2D eigenvalue weighted by atomic mass is 16.4. The molecule has 0 unspecified atom stereocenters. The van der Waals surface area contributed by atoms with Gasteiger partial charge in [-0.1, -0.05) is 13.8 Å². The van der Waals surface area contributed by atoms with E-state index in [1.807, 2.05) is 0 Å². The van der Waals surface area contributed by atoms with Crippen LogP contribution in [0.25, 0.3) is 11.0 Å². The Bertz CT molecular complexity index is 868. The van der Waals surface area contributed by atoms with Crippen molar-refractivity contribution in [3.05, 3.63) is 39.7 Å². The SMILES string of the molecule is Cc1c(CCC(=O)N[C@@H](C(=O)O)C(C)C)c(=O)oc2cc(O)ccc12. The van der Waals surface area contributed by atoms with Crippen LogP contribution in [-0.4, -0.2) is 28.1 Å². The molecular weight excluding hydrogens is 326 g/mol. The summed E-state index contributed by atoms with van der Waals surface area (Å²) >= 11 is 0. The van der Waals surface area contributed by atoms with E-state index < -0.39 is 23.5 Å². The number of hydrogen-bond donors (Lipinski definition) is 3. The third-order valence-electron chi connectivity index (χ3n) is 4.12. The number of fused-ring (bicyclic) bond motifs is 1. The van der Waals surface area contributed by atoms with Gasteiger partial charge in [0.1, 0.15) is 17.4 Å². The minimum absolute atomic E-state index is 0.00410. The number of rotatable bonds is 6. The molecule has 0 aliphatic heterocycles. The van der Waals surface area contributed by atoms with Gasteiger partial charge in [-0.05, 0) is 37.0 Å². The van der Waals surface area contributed by atoms with Gasteiger partial charge in [0.15, 0.2) is 0 Å². The molecule has 2 aromatic rings. The van der Waals surface area contributed by atoms with E-state index in [0.717, 1.165) is 0 Å². The number of nitrogens with one attached hydrogen (secondary N) is 1. The first-order valence-corrected chi connectivity index (χ1v) is 7.98. The zero-order valence-corrected chi connectivity index (χ0v) is 14.3. The number of amides is 1. The van der Waals surface area contributed by atoms with Crippen molar-refractivity contribution in [2.75, 3.05) is 0 Å². The van der Waals surface area contributed by atoms with Gasteiger partial charge in [0.25, 0.3) is 0 Å². The minimum Gasteiger partial charge on any atom is -0.508 e. The maximum atomic E-state index is 12.1. The first-order chi connectivity index (χ1) is 11.7. The summed E-state index contributed by atoms with van der Waals surface area (Å²) in [5, 5.41) is 21.7. The van der Waals surface area contributed by atoms with Crippen LogP contribution in [-0.2, 0) is 16.0 Å². The first-order valence-electron chi connectivity index (χ1n) is 7.98. The lowest BCUT2D eigenvalue weighted by Crippen LogP contribution is -2.44. The van der Waals surface area contributed by atoms with Gasteiger partial charge < -0.3 is 19.9 Å². The normalized spacial score (nSPS) is 12.3. The number of aliphatic carboxylic acids is 1. The number of phenolic OH excluding ortho intramolecular Hbond substituents is 1. The molecule has 0 aliphatic carbocycles. The summed E-state index contributed by atoms with van der Waals surface area (Å²) in [5.41, 5.74) is 0.756. The van der Waals surface area contributed by atoms with Gasteiger partial charge in [-0.15, -0.1) is 0 Å². The van der Waals surface area contributed by atoms with Crippen molar-refractivity contribution in [1.82, 2.24) is 5.32 Å². The quantitative estimate of drug-likeness (QED) is 0.688. The zero-order valence-electron chi connectivity index (χ0n) is 14.3. The predicted octanol–water partition coefficient (Wildman–Crippen LogP) is 1.97. The average molecular weight is 347 g/mol. The van der Waals surface area contributed by atoms with Gasteiger partial charge in [-0.3, -0.25) is 4.79 Å². The largest absolute Gasteiger partial charge is 0.508 e. The van der Waals surface area contributed by atoms with Crippen LogP contribution in [0.1, 0.15) is 31.4 Å². The summed E-state index contributed by atoms with van der Waals surface area (Å²) in [6.45, 7) is 5.16. The molecule has 0 saturated carbocycles. The van der Waals surface area contributed by atoms with Crippen molar-refractivity contribution in [3.8, 4) is 5.75 Å². The molecule has 134 valence electrons. The van der Waals surface area contributed by atoms with Gasteiger partial charge in [-0.25, -0.2) is 9.59 Å². The topological polar surface area (TPSA) is 117 Å². The Labute approximate surface area is 144 Å². The predicted molar refractivity (Wildman–Crippen MR) is 91.6 cm³/mol. The van der Waals surface area contributed by atoms with E-state index in [1.165, 1.54) is 12.1 Å². The summed E-state index contributed by atoms with van der Waals surface area (Å²) in [4.78, 5) is 35.3. The van der Waals surface area contributed by atoms with Crippen LogP contribution >= 0.6 is 0 Å². The van der Waals surface area contributed by atoms with Crippen LogP contribution in [0.5, 0.6) is 5.75 Å². The molecule has 1 aromatic heterocycles. The monoisotopic (exact) mass is 347 g/mol. The van der Waals surface area contributed by atoms with E-state index in [4.69, 9.17) is 9.52 Å². The molecular formula is C18H21NO6. The fourth-order valence-electron chi connectivity index (χ4n) is 2.67. The molecule has 0 saturated heterocycles. The molecule has 1 aromatic carbocycles. The van der Waals surface area contributed by atoms with E-state index in [1.54, 1.807) is 26.8 Å². The Kier molecular flexibility index (Phi) is 5.46. The van der Waals surface area contributed by atoms with Crippen molar-refractivity contribution >= 4 is 22.8 Å². The molecule has 0 aliphatic rings. The Morgan fingerprint density at radius 2 is 1.96 bits per heavy atom. The molecule has 25 heavy (non-hydrogen) atoms. The molecule has 0 radical (unpaired) electrons. The summed E-state index contributed by atoms with van der Waals surface area (Å²) in [6, 6.07) is 3.53. The van der Waals surface area contributed by atoms with E-state index >= 15 is 0 Å². The second-order valence-corrected chi connectivity index (χ2v) is 6.30. The molecule has 0 spiro atoms. The summed E-state index contributed by atoms with van der Waals surface area (Å²) < 4.78 is 5.20. The van der Waals surface area contributed by atoms with Crippen LogP contribution in [0.15, 0.2) is 27.4 Å². The molecule has 7 heteroatoms. The lowest BCUT2D eigenvalue weighted by molar-refractivity contribution is -0.143. The number of phenols is 1. The second kappa shape index (κ2) is 7.38. The van der Waals surface area contributed by atoms with E-state index in [0.29, 0.717) is 16.5 Å². The van der Waals surface area contributed by atoms with Crippen LogP contribution in [0, 0.1) is 12.8 Å². The second-order valence-electron chi connectivity index (χ2n) is 6.30. The molecule has 2 rings (SSSR count). The van der Waals surface area contributed by atoms with Gasteiger partial charge in [-0.2, -0.15) is 0 Å². The number of benzene rings is 1. The molecule has 1 amide bonds. The maximum absolute atomic E-state index is 12.1. The standard InChI is InChI=1S/C18H21NO6/c1-9(2)16(17(22)23)19-15(21)7-6-13-10(3)12-5-4-11(20)8-14(12)25-18(13)24/h4-5,8-9,16,20H,6-7H2,1-3H3,(H,19,21)(H,22,23)/t16-/m1/s1. The molecule has 0 fully saturated rings. The van der Waals surface area contributed by atoms with Crippen LogP contribution in [0.2, 0.25) is 0 Å². The average Bonchev–Trinajstić information content (AvgIpc) is 2.51. The van der Waals surface area contributed by atoms with Crippen molar-refractivity contribution in [2.24, 2.45) is 5.92 Å². The van der Waals surface area contributed by atoms with Crippen molar-refractivity contribution < 1.29 is 24.2 Å². The number of carboxylic acid groups (broad SMARTS) is 1. The lowest BCUT2D eigenvalue weighted by Gasteiger charge is -2.17. The van der Waals surface area contributed by atoms with Crippen molar-refractivity contribution in [2.45, 2.75) is 39.7 Å². The summed E-state index contributed by atoms with van der Waals surface area (Å²) in [5.74, 6) is -1.78. The third kappa shape index (κ3) is 4.17. The Hall–Kier alpha value is -2.83. The molecule has 1 heterocycles. The van der Waals surface area contributed by atoms with E-state index in [-0.39, 0.29) is 30.1 Å². The van der Waals surface area contributed by atoms with E-state index in [9.17, 15) is 19.5 Å². The molecule has 0 bridgehead atoms. The Morgan fingerprint density at radius 3 is 2.56 bits per heavy atom. The van der Waals surface area contributed by atoms with Crippen LogP contribution in [0.3, 0.4) is 0 Å². The van der Waals surface area contributed by atoms with Crippen LogP contribution < -0.4 is 10.9 Å². The van der Waals surface area contributed by atoms with Gasteiger partial charge >= 0.3 is 11.6 Å². The molecule has 3 N–H and O–H groups in total. The third-order valence-corrected chi connectivity index (χ3v) is 4.12. The fraction of sp³-hybridized carbons (Fsp3) is 0.389. The Morgan fingerprint density at radius 1 is 1.28 bits per heavy atom.